The van der Waals surface area contributed by atoms with Gasteiger partial charge in [0, 0.05) is 0 Å². The molecule has 0 aliphatic heterocycles. The second-order valence-electron chi connectivity index (χ2n) is 3.39. The van der Waals surface area contributed by atoms with Gasteiger partial charge < -0.3 is 10.2 Å². The molecule has 0 bridgehead atoms. The summed E-state index contributed by atoms with van der Waals surface area (Å²) in [6, 6.07) is 9.22. The van der Waals surface area contributed by atoms with E-state index in [9.17, 15) is 9.59 Å². The normalized spacial score (nSPS) is 9.65. The third-order valence-electron chi connectivity index (χ3n) is 2.33. The van der Waals surface area contributed by atoms with E-state index in [0.717, 1.165) is 5.39 Å². The van der Waals surface area contributed by atoms with Crippen molar-refractivity contribution in [3.05, 3.63) is 47.5 Å². The third kappa shape index (κ3) is 2.85. The number of aromatic carboxylic acids is 2. The minimum atomic E-state index is -1.03. The number of carbonyl (C=O) groups is 2. The Hall–Kier alpha value is -1.36. The zero-order valence-electron chi connectivity index (χ0n) is 8.18. The second-order valence-corrected chi connectivity index (χ2v) is 3.39. The summed E-state index contributed by atoms with van der Waals surface area (Å²) in [5.74, 6) is -2.05. The molecule has 0 atom stereocenters. The van der Waals surface area contributed by atoms with E-state index in [2.05, 4.69) is 0 Å². The van der Waals surface area contributed by atoms with Crippen molar-refractivity contribution in [2.45, 2.75) is 0 Å². The fraction of sp³-hybridized carbons (Fsp3) is 0. The van der Waals surface area contributed by atoms with Crippen molar-refractivity contribution < 1.29 is 19.8 Å². The summed E-state index contributed by atoms with van der Waals surface area (Å²) in [5.41, 5.74) is 0.296. The van der Waals surface area contributed by atoms with Crippen molar-refractivity contribution in [2.24, 2.45) is 0 Å². The van der Waals surface area contributed by atoms with Crippen LogP contribution >= 0.6 is 0 Å². The van der Waals surface area contributed by atoms with Crippen molar-refractivity contribution >= 4 is 52.3 Å². The molecule has 0 saturated carbocycles. The van der Waals surface area contributed by atoms with Crippen LogP contribution < -0.4 is 0 Å². The van der Waals surface area contributed by atoms with Gasteiger partial charge in [0.2, 0.25) is 0 Å². The van der Waals surface area contributed by atoms with Crippen LogP contribution in [0.3, 0.4) is 0 Å². The number of rotatable bonds is 2. The molecular weight excluding hydrogens is 231 g/mol. The topological polar surface area (TPSA) is 74.6 Å². The molecule has 0 aliphatic rings. The van der Waals surface area contributed by atoms with Crippen molar-refractivity contribution in [3.63, 3.8) is 0 Å². The van der Waals surface area contributed by atoms with Crippen LogP contribution in [0, 0.1) is 0 Å². The van der Waals surface area contributed by atoms with Gasteiger partial charge >= 0.3 is 41.5 Å². The molecule has 0 saturated heterocycles. The number of benzene rings is 2. The second kappa shape index (κ2) is 5.31. The summed E-state index contributed by atoms with van der Waals surface area (Å²) in [4.78, 5) is 21.5. The molecule has 0 aromatic heterocycles. The van der Waals surface area contributed by atoms with E-state index in [4.69, 9.17) is 10.2 Å². The van der Waals surface area contributed by atoms with Gasteiger partial charge in [-0.3, -0.25) is 0 Å². The SMILES string of the molecule is O=C(O)c1ccc2ccc(C(=O)O)cc2c1.[NaH]. The number of hydrogen-bond donors (Lipinski definition) is 2. The maximum absolute atomic E-state index is 10.7. The first-order valence-corrected chi connectivity index (χ1v) is 4.58. The van der Waals surface area contributed by atoms with Gasteiger partial charge in [-0.15, -0.1) is 0 Å². The quantitative estimate of drug-likeness (QED) is 0.781. The molecule has 5 heteroatoms. The van der Waals surface area contributed by atoms with Gasteiger partial charge in [0.25, 0.3) is 0 Å². The maximum atomic E-state index is 10.7. The Morgan fingerprint density at radius 1 is 0.765 bits per heavy atom. The van der Waals surface area contributed by atoms with Gasteiger partial charge in [0.05, 0.1) is 11.1 Å². The first kappa shape index (κ1) is 13.7. The summed E-state index contributed by atoms with van der Waals surface area (Å²) >= 11 is 0. The third-order valence-corrected chi connectivity index (χ3v) is 2.33. The minimum absolute atomic E-state index is 0. The van der Waals surface area contributed by atoms with Crippen LogP contribution in [0.2, 0.25) is 0 Å². The predicted molar refractivity (Wildman–Crippen MR) is 65.0 cm³/mol. The number of fused-ring (bicyclic) bond motifs is 1. The van der Waals surface area contributed by atoms with E-state index < -0.39 is 11.9 Å². The number of hydrogen-bond acceptors (Lipinski definition) is 2. The Balaban J connectivity index is 0.00000144. The Morgan fingerprint density at radius 2 is 1.18 bits per heavy atom. The van der Waals surface area contributed by atoms with Gasteiger partial charge in [-0.2, -0.15) is 0 Å². The average Bonchev–Trinajstić information content (AvgIpc) is 2.27. The number of carboxylic acid groups (broad SMARTS) is 2. The zero-order chi connectivity index (χ0) is 11.7. The van der Waals surface area contributed by atoms with Gasteiger partial charge in [-0.1, -0.05) is 12.1 Å². The van der Waals surface area contributed by atoms with Crippen LogP contribution in [0.4, 0.5) is 0 Å². The van der Waals surface area contributed by atoms with Gasteiger partial charge in [-0.25, -0.2) is 9.59 Å². The fourth-order valence-corrected chi connectivity index (χ4v) is 1.51. The molecule has 0 spiro atoms. The van der Waals surface area contributed by atoms with Crippen LogP contribution in [0.25, 0.3) is 10.8 Å². The van der Waals surface area contributed by atoms with Gasteiger partial charge in [0.15, 0.2) is 0 Å². The summed E-state index contributed by atoms with van der Waals surface area (Å²) in [5, 5.41) is 19.0. The Labute approximate surface area is 119 Å². The van der Waals surface area contributed by atoms with Gasteiger partial charge in [0.1, 0.15) is 0 Å². The molecule has 17 heavy (non-hydrogen) atoms. The van der Waals surface area contributed by atoms with Crippen LogP contribution in [-0.4, -0.2) is 51.7 Å². The molecule has 2 rings (SSSR count). The average molecular weight is 240 g/mol. The van der Waals surface area contributed by atoms with Crippen molar-refractivity contribution in [2.75, 3.05) is 0 Å². The molecule has 0 radical (unpaired) electrons. The molecule has 82 valence electrons. The molecule has 0 aliphatic carbocycles. The summed E-state index contributed by atoms with van der Waals surface area (Å²) in [6.45, 7) is 0. The van der Waals surface area contributed by atoms with Crippen LogP contribution in [0.1, 0.15) is 20.7 Å². The van der Waals surface area contributed by atoms with Crippen molar-refractivity contribution in [3.8, 4) is 0 Å². The predicted octanol–water partition coefficient (Wildman–Crippen LogP) is 1.59. The molecule has 0 unspecified atom stereocenters. The molecule has 0 heterocycles. The molecular formula is C12H9NaO4. The van der Waals surface area contributed by atoms with Crippen LogP contribution in [0.5, 0.6) is 0 Å². The van der Waals surface area contributed by atoms with Crippen LogP contribution in [0.15, 0.2) is 36.4 Å². The van der Waals surface area contributed by atoms with E-state index in [-0.39, 0.29) is 40.7 Å². The van der Waals surface area contributed by atoms with E-state index in [0.29, 0.717) is 5.39 Å². The molecule has 2 aromatic rings. The van der Waals surface area contributed by atoms with Gasteiger partial charge in [-0.05, 0) is 35.0 Å². The molecule has 4 nitrogen and oxygen atoms in total. The van der Waals surface area contributed by atoms with Crippen molar-refractivity contribution in [1.29, 1.82) is 0 Å². The standard InChI is InChI=1S/C12H8O4.Na.H/c13-11(14)8-3-1-7-2-4-9(12(15)16)6-10(7)5-8;;/h1-6H,(H,13,14)(H,15,16);;. The molecule has 0 amide bonds. The van der Waals surface area contributed by atoms with E-state index in [1.165, 1.54) is 24.3 Å². The Kier molecular flexibility index (Phi) is 4.28. The van der Waals surface area contributed by atoms with Crippen LogP contribution in [-0.2, 0) is 0 Å². The van der Waals surface area contributed by atoms with E-state index in [1.807, 2.05) is 0 Å². The van der Waals surface area contributed by atoms with Crippen molar-refractivity contribution in [1.82, 2.24) is 0 Å². The first-order valence-electron chi connectivity index (χ1n) is 4.58. The Morgan fingerprint density at radius 3 is 1.53 bits per heavy atom. The summed E-state index contributed by atoms with van der Waals surface area (Å²) < 4.78 is 0. The molecule has 2 aromatic carbocycles. The first-order chi connectivity index (χ1) is 7.58. The monoisotopic (exact) mass is 240 g/mol. The molecule has 2 N–H and O–H groups in total. The zero-order valence-corrected chi connectivity index (χ0v) is 8.18. The molecule has 0 fully saturated rings. The summed E-state index contributed by atoms with van der Waals surface area (Å²) in [6.07, 6.45) is 0. The number of carboxylic acids is 2. The van der Waals surface area contributed by atoms with E-state index >= 15 is 0 Å². The Bertz CT molecular complexity index is 543. The van der Waals surface area contributed by atoms with E-state index in [1.54, 1.807) is 12.1 Å². The summed E-state index contributed by atoms with van der Waals surface area (Å²) in [7, 11) is 0. The fourth-order valence-electron chi connectivity index (χ4n) is 1.51.